The quantitative estimate of drug-likeness (QED) is 0.706. The van der Waals surface area contributed by atoms with Crippen molar-refractivity contribution >= 4 is 12.1 Å². The summed E-state index contributed by atoms with van der Waals surface area (Å²) in [6.45, 7) is 6.21. The number of ether oxygens (including phenoxy) is 1. The van der Waals surface area contributed by atoms with Gasteiger partial charge < -0.3 is 20.5 Å². The Morgan fingerprint density at radius 3 is 2.63 bits per heavy atom. The second-order valence-electron chi connectivity index (χ2n) is 5.91. The van der Waals surface area contributed by atoms with Crippen molar-refractivity contribution in [2.24, 2.45) is 0 Å². The molecule has 0 bridgehead atoms. The zero-order chi connectivity index (χ0) is 14.5. The van der Waals surface area contributed by atoms with Crippen LogP contribution in [0.15, 0.2) is 0 Å². The van der Waals surface area contributed by atoms with Crippen molar-refractivity contribution in [1.82, 2.24) is 10.6 Å². The Hall–Kier alpha value is -1.30. The first-order chi connectivity index (χ1) is 8.78. The van der Waals surface area contributed by atoms with E-state index in [9.17, 15) is 9.59 Å². The predicted molar refractivity (Wildman–Crippen MR) is 71.1 cm³/mol. The van der Waals surface area contributed by atoms with Gasteiger partial charge in [-0.3, -0.25) is 0 Å². The van der Waals surface area contributed by atoms with Gasteiger partial charge in [0.25, 0.3) is 0 Å². The molecule has 0 spiro atoms. The van der Waals surface area contributed by atoms with E-state index in [1.54, 1.807) is 20.8 Å². The van der Waals surface area contributed by atoms with E-state index >= 15 is 0 Å². The van der Waals surface area contributed by atoms with Crippen molar-refractivity contribution in [2.45, 2.75) is 64.1 Å². The molecule has 19 heavy (non-hydrogen) atoms. The molecule has 6 heteroatoms. The van der Waals surface area contributed by atoms with Crippen LogP contribution in [-0.2, 0) is 9.53 Å². The van der Waals surface area contributed by atoms with E-state index < -0.39 is 23.7 Å². The molecule has 2 atom stereocenters. The molecule has 0 aromatic heterocycles. The fourth-order valence-corrected chi connectivity index (χ4v) is 2.08. The predicted octanol–water partition coefficient (Wildman–Crippen LogP) is 1.50. The van der Waals surface area contributed by atoms with Crippen molar-refractivity contribution in [3.05, 3.63) is 0 Å². The third-order valence-electron chi connectivity index (χ3n) is 2.96. The van der Waals surface area contributed by atoms with E-state index in [4.69, 9.17) is 9.84 Å². The molecule has 0 aromatic rings. The van der Waals surface area contributed by atoms with Crippen molar-refractivity contribution in [1.29, 1.82) is 0 Å². The first-order valence-electron chi connectivity index (χ1n) is 6.73. The van der Waals surface area contributed by atoms with Gasteiger partial charge in [-0.25, -0.2) is 9.59 Å². The van der Waals surface area contributed by atoms with E-state index in [1.165, 1.54) is 0 Å². The van der Waals surface area contributed by atoms with Gasteiger partial charge in [-0.2, -0.15) is 0 Å². The summed E-state index contributed by atoms with van der Waals surface area (Å²) in [4.78, 5) is 22.7. The van der Waals surface area contributed by atoms with Crippen LogP contribution in [0.1, 0.15) is 46.5 Å². The van der Waals surface area contributed by atoms with E-state index in [0.717, 1.165) is 25.8 Å². The standard InChI is InChI=1S/C13H24N2O4/c1-13(2,3)19-12(18)15-10(11(16)17)7-6-9-5-4-8-14-9/h9-10,14H,4-8H2,1-3H3,(H,15,18)(H,16,17). The van der Waals surface area contributed by atoms with Crippen LogP contribution >= 0.6 is 0 Å². The number of carbonyl (C=O) groups is 2. The lowest BCUT2D eigenvalue weighted by atomic mass is 10.1. The summed E-state index contributed by atoms with van der Waals surface area (Å²) in [5.41, 5.74) is -0.625. The van der Waals surface area contributed by atoms with E-state index in [-0.39, 0.29) is 0 Å². The summed E-state index contributed by atoms with van der Waals surface area (Å²) < 4.78 is 5.06. The van der Waals surface area contributed by atoms with E-state index in [0.29, 0.717) is 12.5 Å². The van der Waals surface area contributed by atoms with Gasteiger partial charge in [0, 0.05) is 6.04 Å². The van der Waals surface area contributed by atoms with Crippen LogP contribution in [0.3, 0.4) is 0 Å². The maximum absolute atomic E-state index is 11.6. The molecule has 1 amide bonds. The Morgan fingerprint density at radius 2 is 2.16 bits per heavy atom. The second kappa shape index (κ2) is 6.75. The highest BCUT2D eigenvalue weighted by Gasteiger charge is 2.25. The molecule has 110 valence electrons. The zero-order valence-corrected chi connectivity index (χ0v) is 11.9. The Kier molecular flexibility index (Phi) is 5.60. The van der Waals surface area contributed by atoms with Crippen LogP contribution in [0.2, 0.25) is 0 Å². The largest absolute Gasteiger partial charge is 0.480 e. The monoisotopic (exact) mass is 272 g/mol. The lowest BCUT2D eigenvalue weighted by Crippen LogP contribution is -2.44. The van der Waals surface area contributed by atoms with E-state index in [1.807, 2.05) is 0 Å². The van der Waals surface area contributed by atoms with Crippen molar-refractivity contribution < 1.29 is 19.4 Å². The minimum atomic E-state index is -1.02. The highest BCUT2D eigenvalue weighted by molar-refractivity contribution is 5.79. The summed E-state index contributed by atoms with van der Waals surface area (Å²) in [7, 11) is 0. The highest BCUT2D eigenvalue weighted by Crippen LogP contribution is 2.13. The van der Waals surface area contributed by atoms with Gasteiger partial charge in [-0.05, 0) is 53.0 Å². The molecular weight excluding hydrogens is 248 g/mol. The number of rotatable bonds is 5. The van der Waals surface area contributed by atoms with Gasteiger partial charge in [-0.1, -0.05) is 0 Å². The van der Waals surface area contributed by atoms with Crippen LogP contribution in [0.25, 0.3) is 0 Å². The molecule has 0 aliphatic carbocycles. The number of carbonyl (C=O) groups excluding carboxylic acids is 1. The Balaban J connectivity index is 2.39. The lowest BCUT2D eigenvalue weighted by Gasteiger charge is -2.22. The van der Waals surface area contributed by atoms with Gasteiger partial charge in [0.15, 0.2) is 0 Å². The molecule has 1 aliphatic heterocycles. The van der Waals surface area contributed by atoms with Crippen LogP contribution in [-0.4, -0.2) is 41.4 Å². The topological polar surface area (TPSA) is 87.7 Å². The molecule has 1 fully saturated rings. The molecule has 1 rings (SSSR count). The number of alkyl carbamates (subject to hydrolysis) is 1. The van der Waals surface area contributed by atoms with E-state index in [2.05, 4.69) is 10.6 Å². The molecule has 3 N–H and O–H groups in total. The molecular formula is C13H24N2O4. The number of carboxylic acid groups (broad SMARTS) is 1. The molecule has 1 saturated heterocycles. The zero-order valence-electron chi connectivity index (χ0n) is 11.9. The van der Waals surface area contributed by atoms with Crippen molar-refractivity contribution in [2.75, 3.05) is 6.54 Å². The first-order valence-corrected chi connectivity index (χ1v) is 6.73. The Morgan fingerprint density at radius 1 is 1.47 bits per heavy atom. The summed E-state index contributed by atoms with van der Waals surface area (Å²) in [6, 6.07) is -0.528. The number of amides is 1. The first kappa shape index (κ1) is 15.8. The number of hydrogen-bond donors (Lipinski definition) is 3. The molecule has 1 heterocycles. The molecule has 1 aliphatic rings. The number of nitrogens with one attached hydrogen (secondary N) is 2. The van der Waals surface area contributed by atoms with Gasteiger partial charge in [0.2, 0.25) is 0 Å². The molecule has 6 nitrogen and oxygen atoms in total. The van der Waals surface area contributed by atoms with Gasteiger partial charge in [0.1, 0.15) is 11.6 Å². The average Bonchev–Trinajstić information content (AvgIpc) is 2.73. The highest BCUT2D eigenvalue weighted by atomic mass is 16.6. The lowest BCUT2D eigenvalue weighted by molar-refractivity contribution is -0.139. The fourth-order valence-electron chi connectivity index (χ4n) is 2.08. The van der Waals surface area contributed by atoms with Crippen molar-refractivity contribution in [3.63, 3.8) is 0 Å². The second-order valence-corrected chi connectivity index (χ2v) is 5.91. The Labute approximate surface area is 113 Å². The van der Waals surface area contributed by atoms with Crippen LogP contribution in [0, 0.1) is 0 Å². The Bertz CT molecular complexity index is 319. The number of aliphatic carboxylic acids is 1. The minimum absolute atomic E-state index is 0.363. The maximum Gasteiger partial charge on any atom is 0.408 e. The normalized spacial score (nSPS) is 20.9. The van der Waals surface area contributed by atoms with Gasteiger partial charge >= 0.3 is 12.1 Å². The van der Waals surface area contributed by atoms with Crippen LogP contribution in [0.5, 0.6) is 0 Å². The maximum atomic E-state index is 11.6. The van der Waals surface area contributed by atoms with Gasteiger partial charge in [0.05, 0.1) is 0 Å². The third-order valence-corrected chi connectivity index (χ3v) is 2.96. The molecule has 2 unspecified atom stereocenters. The molecule has 0 saturated carbocycles. The number of hydrogen-bond acceptors (Lipinski definition) is 4. The van der Waals surface area contributed by atoms with Crippen molar-refractivity contribution in [3.8, 4) is 0 Å². The van der Waals surface area contributed by atoms with Crippen LogP contribution < -0.4 is 10.6 Å². The molecule has 0 radical (unpaired) electrons. The average molecular weight is 272 g/mol. The summed E-state index contributed by atoms with van der Waals surface area (Å²) >= 11 is 0. The smallest absolute Gasteiger partial charge is 0.408 e. The summed E-state index contributed by atoms with van der Waals surface area (Å²) in [6.07, 6.45) is 2.67. The SMILES string of the molecule is CC(C)(C)OC(=O)NC(CCC1CCCN1)C(=O)O. The fraction of sp³-hybridized carbons (Fsp3) is 0.846. The van der Waals surface area contributed by atoms with Gasteiger partial charge in [-0.15, -0.1) is 0 Å². The van der Waals surface area contributed by atoms with Crippen LogP contribution in [0.4, 0.5) is 4.79 Å². The minimum Gasteiger partial charge on any atom is -0.480 e. The summed E-state index contributed by atoms with van der Waals surface area (Å²) in [5, 5.41) is 14.8. The number of carboxylic acids is 1. The summed E-state index contributed by atoms with van der Waals surface area (Å²) in [5.74, 6) is -1.02. The third kappa shape index (κ3) is 6.42. The molecule has 0 aromatic carbocycles.